The van der Waals surface area contributed by atoms with Crippen LogP contribution in [-0.4, -0.2) is 24.6 Å². The summed E-state index contributed by atoms with van der Waals surface area (Å²) in [4.78, 5) is 27.8. The molecule has 5 heteroatoms. The quantitative estimate of drug-likeness (QED) is 0.483. The Labute approximate surface area is 115 Å². The van der Waals surface area contributed by atoms with Crippen molar-refractivity contribution in [2.24, 2.45) is 17.8 Å². The summed E-state index contributed by atoms with van der Waals surface area (Å²) in [6, 6.07) is 0. The van der Waals surface area contributed by atoms with E-state index in [1.165, 1.54) is 0 Å². The number of carbonyl (C=O) groups excluding carboxylic acids is 2. The molecular formula is C14H25NO4. The molecule has 1 fully saturated rings. The van der Waals surface area contributed by atoms with Crippen LogP contribution in [0, 0.1) is 17.8 Å². The highest BCUT2D eigenvalue weighted by atomic mass is 16.7. The van der Waals surface area contributed by atoms with Crippen LogP contribution >= 0.6 is 0 Å². The van der Waals surface area contributed by atoms with Crippen LogP contribution in [0.15, 0.2) is 0 Å². The van der Waals surface area contributed by atoms with Crippen LogP contribution in [0.2, 0.25) is 0 Å². The Bertz CT molecular complexity index is 317. The number of nitrogens with one attached hydrogen (secondary N) is 1. The zero-order valence-corrected chi connectivity index (χ0v) is 12.3. The van der Waals surface area contributed by atoms with E-state index >= 15 is 0 Å². The average molecular weight is 271 g/mol. The molecule has 0 saturated heterocycles. The Balaban J connectivity index is 2.55. The number of carbonyl (C=O) groups is 2. The van der Waals surface area contributed by atoms with E-state index in [0.29, 0.717) is 24.4 Å². The number of hydrogen-bond acceptors (Lipinski definition) is 4. The van der Waals surface area contributed by atoms with Crippen molar-refractivity contribution < 1.29 is 19.2 Å². The van der Waals surface area contributed by atoms with Crippen molar-refractivity contribution in [3.05, 3.63) is 0 Å². The highest BCUT2D eigenvalue weighted by molar-refractivity contribution is 6.32. The van der Waals surface area contributed by atoms with Crippen molar-refractivity contribution in [1.82, 2.24) is 5.48 Å². The minimum atomic E-state index is -0.849. The van der Waals surface area contributed by atoms with Crippen LogP contribution in [0.4, 0.5) is 0 Å². The fourth-order valence-corrected chi connectivity index (χ4v) is 2.62. The minimum Gasteiger partial charge on any atom is -0.455 e. The van der Waals surface area contributed by atoms with Crippen molar-refractivity contribution >= 4 is 11.9 Å². The standard InChI is InChI=1S/C14H25NO4/c1-5-18-15-13(16)14(17)19-12-8-10(4)6-7-11(12)9(2)3/h9-12H,5-8H2,1-4H3,(H,15,16). The van der Waals surface area contributed by atoms with Gasteiger partial charge in [-0.15, -0.1) is 0 Å². The third-order valence-corrected chi connectivity index (χ3v) is 3.71. The maximum atomic E-state index is 11.7. The van der Waals surface area contributed by atoms with Crippen LogP contribution in [0.25, 0.3) is 0 Å². The molecule has 0 radical (unpaired) electrons. The molecule has 1 aliphatic rings. The van der Waals surface area contributed by atoms with Crippen molar-refractivity contribution in [2.45, 2.75) is 53.1 Å². The number of esters is 1. The lowest BCUT2D eigenvalue weighted by atomic mass is 9.75. The summed E-state index contributed by atoms with van der Waals surface area (Å²) in [6.45, 7) is 8.44. The van der Waals surface area contributed by atoms with Gasteiger partial charge in [0.1, 0.15) is 6.10 Å². The van der Waals surface area contributed by atoms with E-state index in [0.717, 1.165) is 19.3 Å². The Morgan fingerprint density at radius 2 is 2.00 bits per heavy atom. The van der Waals surface area contributed by atoms with Gasteiger partial charge in [0.25, 0.3) is 0 Å². The predicted octanol–water partition coefficient (Wildman–Crippen LogP) is 2.06. The molecule has 1 N–H and O–H groups in total. The van der Waals surface area contributed by atoms with Crippen molar-refractivity contribution in [1.29, 1.82) is 0 Å². The second-order valence-electron chi connectivity index (χ2n) is 5.63. The van der Waals surface area contributed by atoms with E-state index in [4.69, 9.17) is 9.57 Å². The van der Waals surface area contributed by atoms with Gasteiger partial charge >= 0.3 is 11.9 Å². The van der Waals surface area contributed by atoms with Crippen molar-refractivity contribution in [3.8, 4) is 0 Å². The maximum Gasteiger partial charge on any atom is 0.399 e. The van der Waals surface area contributed by atoms with Crippen molar-refractivity contribution in [2.75, 3.05) is 6.61 Å². The summed E-state index contributed by atoms with van der Waals surface area (Å²) in [7, 11) is 0. The molecule has 0 aliphatic heterocycles. The molecule has 0 bridgehead atoms. The van der Waals surface area contributed by atoms with Crippen LogP contribution < -0.4 is 5.48 Å². The van der Waals surface area contributed by atoms with E-state index in [1.54, 1.807) is 6.92 Å². The van der Waals surface area contributed by atoms with Gasteiger partial charge < -0.3 is 4.74 Å². The topological polar surface area (TPSA) is 64.6 Å². The number of amides is 1. The second-order valence-corrected chi connectivity index (χ2v) is 5.63. The smallest absolute Gasteiger partial charge is 0.399 e. The third-order valence-electron chi connectivity index (χ3n) is 3.71. The highest BCUT2D eigenvalue weighted by Crippen LogP contribution is 2.35. The summed E-state index contributed by atoms with van der Waals surface area (Å²) in [5.41, 5.74) is 2.06. The molecule has 110 valence electrons. The van der Waals surface area contributed by atoms with Gasteiger partial charge in [-0.25, -0.2) is 10.3 Å². The molecule has 0 aromatic heterocycles. The fraction of sp³-hybridized carbons (Fsp3) is 0.857. The molecule has 19 heavy (non-hydrogen) atoms. The minimum absolute atomic E-state index is 0.163. The normalized spacial score (nSPS) is 27.1. The molecule has 0 aromatic rings. The van der Waals surface area contributed by atoms with Crippen molar-refractivity contribution in [3.63, 3.8) is 0 Å². The molecule has 3 unspecified atom stereocenters. The van der Waals surface area contributed by atoms with E-state index < -0.39 is 11.9 Å². The number of ether oxygens (including phenoxy) is 1. The predicted molar refractivity (Wildman–Crippen MR) is 71.0 cm³/mol. The Kier molecular flexibility index (Phi) is 6.28. The first-order valence-corrected chi connectivity index (χ1v) is 7.08. The van der Waals surface area contributed by atoms with Crippen LogP contribution in [0.3, 0.4) is 0 Å². The second kappa shape index (κ2) is 7.48. The Morgan fingerprint density at radius 3 is 2.58 bits per heavy atom. The molecule has 5 nitrogen and oxygen atoms in total. The van der Waals surface area contributed by atoms with E-state index in [9.17, 15) is 9.59 Å². The van der Waals surface area contributed by atoms with Gasteiger partial charge in [0.2, 0.25) is 0 Å². The monoisotopic (exact) mass is 271 g/mol. The lowest BCUT2D eigenvalue weighted by Crippen LogP contribution is -2.40. The first-order chi connectivity index (χ1) is 8.95. The molecule has 0 heterocycles. The molecule has 1 saturated carbocycles. The van der Waals surface area contributed by atoms with Gasteiger partial charge in [-0.05, 0) is 37.5 Å². The summed E-state index contributed by atoms with van der Waals surface area (Å²) in [5, 5.41) is 0. The summed E-state index contributed by atoms with van der Waals surface area (Å²) >= 11 is 0. The summed E-state index contributed by atoms with van der Waals surface area (Å²) in [5.74, 6) is -0.371. The number of hydroxylamine groups is 1. The van der Waals surface area contributed by atoms with Gasteiger partial charge in [0.15, 0.2) is 0 Å². The van der Waals surface area contributed by atoms with Gasteiger partial charge in [0.05, 0.1) is 6.61 Å². The first kappa shape index (κ1) is 16.0. The maximum absolute atomic E-state index is 11.7. The van der Waals surface area contributed by atoms with E-state index in [2.05, 4.69) is 26.3 Å². The van der Waals surface area contributed by atoms with Gasteiger partial charge in [0, 0.05) is 0 Å². The third kappa shape index (κ3) is 4.82. The zero-order valence-electron chi connectivity index (χ0n) is 12.3. The van der Waals surface area contributed by atoms with Crippen LogP contribution in [0.1, 0.15) is 47.0 Å². The summed E-state index contributed by atoms with van der Waals surface area (Å²) in [6.07, 6.45) is 2.87. The average Bonchev–Trinajstić information content (AvgIpc) is 2.35. The molecule has 1 rings (SSSR count). The number of rotatable bonds is 4. The lowest BCUT2D eigenvalue weighted by molar-refractivity contribution is -0.168. The SMILES string of the molecule is CCONC(=O)C(=O)OC1CC(C)CCC1C(C)C. The molecule has 0 spiro atoms. The molecule has 3 atom stereocenters. The Hall–Kier alpha value is -1.10. The van der Waals surface area contributed by atoms with E-state index in [-0.39, 0.29) is 6.10 Å². The fourth-order valence-electron chi connectivity index (χ4n) is 2.62. The van der Waals surface area contributed by atoms with Gasteiger partial charge in [-0.3, -0.25) is 9.63 Å². The van der Waals surface area contributed by atoms with Gasteiger partial charge in [-0.1, -0.05) is 27.2 Å². The molecule has 1 aliphatic carbocycles. The lowest BCUT2D eigenvalue weighted by Gasteiger charge is -2.36. The highest BCUT2D eigenvalue weighted by Gasteiger charge is 2.34. The van der Waals surface area contributed by atoms with E-state index in [1.807, 2.05) is 0 Å². The van der Waals surface area contributed by atoms with Gasteiger partial charge in [-0.2, -0.15) is 0 Å². The first-order valence-electron chi connectivity index (χ1n) is 7.08. The molecule has 1 amide bonds. The zero-order chi connectivity index (χ0) is 14.4. The summed E-state index contributed by atoms with van der Waals surface area (Å²) < 4.78 is 5.36. The van der Waals surface area contributed by atoms with Crippen LogP contribution in [0.5, 0.6) is 0 Å². The number of hydrogen-bond donors (Lipinski definition) is 1. The largest absolute Gasteiger partial charge is 0.455 e. The Morgan fingerprint density at radius 1 is 1.32 bits per heavy atom. The molecular weight excluding hydrogens is 246 g/mol. The van der Waals surface area contributed by atoms with Crippen LogP contribution in [-0.2, 0) is 19.2 Å². The molecule has 0 aromatic carbocycles.